The summed E-state index contributed by atoms with van der Waals surface area (Å²) >= 11 is 0. The largest absolute Gasteiger partial charge is 0.369 e. The van der Waals surface area contributed by atoms with Gasteiger partial charge >= 0.3 is 0 Å². The van der Waals surface area contributed by atoms with Gasteiger partial charge < -0.3 is 10.2 Å². The molecule has 0 aliphatic carbocycles. The maximum Gasteiger partial charge on any atom is 0.146 e. The molecule has 1 unspecified atom stereocenters. The van der Waals surface area contributed by atoms with Crippen LogP contribution in [0.4, 0.5) is 10.1 Å². The Morgan fingerprint density at radius 3 is 2.65 bits per heavy atom. The van der Waals surface area contributed by atoms with E-state index in [9.17, 15) is 4.39 Å². The van der Waals surface area contributed by atoms with Gasteiger partial charge in [0.15, 0.2) is 0 Å². The fourth-order valence-corrected chi connectivity index (χ4v) is 3.22. The van der Waals surface area contributed by atoms with Crippen LogP contribution in [0.3, 0.4) is 0 Å². The van der Waals surface area contributed by atoms with Gasteiger partial charge in [0.25, 0.3) is 0 Å². The van der Waals surface area contributed by atoms with Crippen molar-refractivity contribution < 1.29 is 4.39 Å². The molecule has 0 aromatic heterocycles. The summed E-state index contributed by atoms with van der Waals surface area (Å²) in [5, 5.41) is 3.22. The Balaban J connectivity index is 2.16. The molecule has 0 amide bonds. The quantitative estimate of drug-likeness (QED) is 0.871. The Hall–Kier alpha value is -1.09. The molecule has 1 N–H and O–H groups in total. The summed E-state index contributed by atoms with van der Waals surface area (Å²) in [4.78, 5) is 2.24. The molecule has 1 atom stereocenters. The summed E-state index contributed by atoms with van der Waals surface area (Å²) in [6, 6.07) is 5.61. The average molecular weight is 278 g/mol. The van der Waals surface area contributed by atoms with Gasteiger partial charge in [-0.2, -0.15) is 0 Å². The Kier molecular flexibility index (Phi) is 5.41. The SMILES string of the molecule is CCCC1CCN(c2c(F)cccc2C(C)NC)CC1. The van der Waals surface area contributed by atoms with Crippen LogP contribution >= 0.6 is 0 Å². The Labute approximate surface area is 122 Å². The lowest BCUT2D eigenvalue weighted by atomic mass is 9.91. The van der Waals surface area contributed by atoms with Gasteiger partial charge in [-0.1, -0.05) is 31.9 Å². The van der Waals surface area contributed by atoms with Gasteiger partial charge in [-0.15, -0.1) is 0 Å². The number of hydrogen-bond acceptors (Lipinski definition) is 2. The van der Waals surface area contributed by atoms with Crippen molar-refractivity contribution in [3.8, 4) is 0 Å². The lowest BCUT2D eigenvalue weighted by molar-refractivity contribution is 0.375. The third kappa shape index (κ3) is 3.32. The third-order valence-corrected chi connectivity index (χ3v) is 4.55. The molecule has 2 rings (SSSR count). The predicted molar refractivity (Wildman–Crippen MR) is 83.7 cm³/mol. The summed E-state index contributed by atoms with van der Waals surface area (Å²) in [6.07, 6.45) is 4.95. The number of anilines is 1. The van der Waals surface area contributed by atoms with Gasteiger partial charge in [0, 0.05) is 19.1 Å². The van der Waals surface area contributed by atoms with E-state index in [2.05, 4.69) is 24.1 Å². The lowest BCUT2D eigenvalue weighted by Crippen LogP contribution is -2.35. The number of nitrogens with zero attached hydrogens (tertiary/aromatic N) is 1. The first kappa shape index (κ1) is 15.3. The highest BCUT2D eigenvalue weighted by Gasteiger charge is 2.24. The molecule has 1 heterocycles. The van der Waals surface area contributed by atoms with Gasteiger partial charge in [-0.25, -0.2) is 4.39 Å². The Morgan fingerprint density at radius 2 is 2.05 bits per heavy atom. The number of hydrogen-bond donors (Lipinski definition) is 1. The van der Waals surface area contributed by atoms with Crippen LogP contribution in [0.1, 0.15) is 51.1 Å². The van der Waals surface area contributed by atoms with E-state index in [1.807, 2.05) is 19.2 Å². The van der Waals surface area contributed by atoms with Crippen LogP contribution in [0.2, 0.25) is 0 Å². The Morgan fingerprint density at radius 1 is 1.35 bits per heavy atom. The lowest BCUT2D eigenvalue weighted by Gasteiger charge is -2.35. The molecule has 1 aliphatic heterocycles. The summed E-state index contributed by atoms with van der Waals surface area (Å²) < 4.78 is 14.3. The van der Waals surface area contributed by atoms with Crippen LogP contribution in [0.25, 0.3) is 0 Å². The number of nitrogens with one attached hydrogen (secondary N) is 1. The van der Waals surface area contributed by atoms with Crippen LogP contribution in [0, 0.1) is 11.7 Å². The van der Waals surface area contributed by atoms with Gasteiger partial charge in [0.2, 0.25) is 0 Å². The van der Waals surface area contributed by atoms with E-state index in [0.29, 0.717) is 0 Å². The van der Waals surface area contributed by atoms with E-state index in [1.54, 1.807) is 6.07 Å². The number of para-hydroxylation sites is 1. The van der Waals surface area contributed by atoms with E-state index in [4.69, 9.17) is 0 Å². The van der Waals surface area contributed by atoms with Crippen LogP contribution in [0.5, 0.6) is 0 Å². The second-order valence-corrected chi connectivity index (χ2v) is 5.91. The van der Waals surface area contributed by atoms with Crippen molar-refractivity contribution >= 4 is 5.69 Å². The molecule has 0 bridgehead atoms. The van der Waals surface area contributed by atoms with Crippen molar-refractivity contribution in [2.24, 2.45) is 5.92 Å². The van der Waals surface area contributed by atoms with Gasteiger partial charge in [0.05, 0.1) is 5.69 Å². The summed E-state index contributed by atoms with van der Waals surface area (Å²) in [5.74, 6) is 0.742. The molecule has 0 spiro atoms. The minimum atomic E-state index is -0.0847. The van der Waals surface area contributed by atoms with E-state index in [0.717, 1.165) is 30.3 Å². The molecule has 1 fully saturated rings. The summed E-state index contributed by atoms with van der Waals surface area (Å²) in [6.45, 7) is 6.29. The monoisotopic (exact) mass is 278 g/mol. The van der Waals surface area contributed by atoms with Crippen molar-refractivity contribution in [1.29, 1.82) is 0 Å². The predicted octanol–water partition coefficient (Wildman–Crippen LogP) is 4.12. The van der Waals surface area contributed by atoms with Crippen molar-refractivity contribution in [1.82, 2.24) is 5.32 Å². The molecule has 2 nitrogen and oxygen atoms in total. The molecular weight excluding hydrogens is 251 g/mol. The average Bonchev–Trinajstić information content (AvgIpc) is 2.47. The second-order valence-electron chi connectivity index (χ2n) is 5.91. The smallest absolute Gasteiger partial charge is 0.146 e. The van der Waals surface area contributed by atoms with E-state index >= 15 is 0 Å². The first-order valence-corrected chi connectivity index (χ1v) is 7.88. The first-order valence-electron chi connectivity index (χ1n) is 7.88. The van der Waals surface area contributed by atoms with Crippen LogP contribution in [-0.4, -0.2) is 20.1 Å². The van der Waals surface area contributed by atoms with Gasteiger partial charge in [-0.05, 0) is 44.4 Å². The Bertz CT molecular complexity index is 425. The highest BCUT2D eigenvalue weighted by Crippen LogP contribution is 2.33. The van der Waals surface area contributed by atoms with Gasteiger partial charge in [-0.3, -0.25) is 0 Å². The van der Waals surface area contributed by atoms with Crippen LogP contribution in [0.15, 0.2) is 18.2 Å². The van der Waals surface area contributed by atoms with Crippen LogP contribution in [-0.2, 0) is 0 Å². The highest BCUT2D eigenvalue weighted by atomic mass is 19.1. The number of rotatable bonds is 5. The molecule has 0 radical (unpaired) electrons. The maximum atomic E-state index is 14.3. The standard InChI is InChI=1S/C17H27FN2/c1-4-6-14-9-11-20(12-10-14)17-15(13(2)19-3)7-5-8-16(17)18/h5,7-8,13-14,19H,4,6,9-12H2,1-3H3. The third-order valence-electron chi connectivity index (χ3n) is 4.55. The van der Waals surface area contributed by atoms with Crippen molar-refractivity contribution in [2.45, 2.75) is 45.6 Å². The number of piperidine rings is 1. The normalized spacial score (nSPS) is 18.3. The molecule has 1 aromatic carbocycles. The first-order chi connectivity index (χ1) is 9.67. The highest BCUT2D eigenvalue weighted by molar-refractivity contribution is 5.56. The number of benzene rings is 1. The zero-order chi connectivity index (χ0) is 14.5. The molecule has 20 heavy (non-hydrogen) atoms. The fraction of sp³-hybridized carbons (Fsp3) is 0.647. The maximum absolute atomic E-state index is 14.3. The van der Waals surface area contributed by atoms with Gasteiger partial charge in [0.1, 0.15) is 5.82 Å². The molecular formula is C17H27FN2. The van der Waals surface area contributed by atoms with Crippen molar-refractivity contribution in [3.63, 3.8) is 0 Å². The minimum absolute atomic E-state index is 0.0847. The molecule has 112 valence electrons. The molecule has 1 saturated heterocycles. The summed E-state index contributed by atoms with van der Waals surface area (Å²) in [7, 11) is 1.92. The molecule has 3 heteroatoms. The minimum Gasteiger partial charge on any atom is -0.369 e. The topological polar surface area (TPSA) is 15.3 Å². The fourth-order valence-electron chi connectivity index (χ4n) is 3.22. The second kappa shape index (κ2) is 7.07. The van der Waals surface area contributed by atoms with Crippen molar-refractivity contribution in [2.75, 3.05) is 25.0 Å². The molecule has 1 aromatic rings. The zero-order valence-electron chi connectivity index (χ0n) is 13.0. The van der Waals surface area contributed by atoms with Crippen molar-refractivity contribution in [3.05, 3.63) is 29.6 Å². The zero-order valence-corrected chi connectivity index (χ0v) is 13.0. The van der Waals surface area contributed by atoms with Crippen LogP contribution < -0.4 is 10.2 Å². The molecule has 0 saturated carbocycles. The number of halogens is 1. The van der Waals surface area contributed by atoms with E-state index < -0.39 is 0 Å². The van der Waals surface area contributed by atoms with E-state index in [1.165, 1.54) is 25.7 Å². The summed E-state index contributed by atoms with van der Waals surface area (Å²) in [5.41, 5.74) is 1.88. The van der Waals surface area contributed by atoms with E-state index in [-0.39, 0.29) is 11.9 Å². The molecule has 1 aliphatic rings.